The molecular formula is C14H24N2O2. The van der Waals surface area contributed by atoms with Crippen LogP contribution in [0.1, 0.15) is 58.3 Å². The minimum absolute atomic E-state index is 0.00783. The molecule has 2 aliphatic rings. The number of rotatable bonds is 5. The molecule has 1 atom stereocenters. The molecule has 0 radical (unpaired) electrons. The van der Waals surface area contributed by atoms with E-state index in [0.29, 0.717) is 13.0 Å². The molecule has 1 spiro atoms. The minimum Gasteiger partial charge on any atom is -0.328 e. The van der Waals surface area contributed by atoms with E-state index in [2.05, 4.69) is 6.92 Å². The molecule has 1 heterocycles. The number of nitrogens with zero attached hydrogens (tertiary/aromatic N) is 1. The average Bonchev–Trinajstić information content (AvgIpc) is 2.91. The summed E-state index contributed by atoms with van der Waals surface area (Å²) < 4.78 is 0. The van der Waals surface area contributed by atoms with Gasteiger partial charge in [0.25, 0.3) is 0 Å². The van der Waals surface area contributed by atoms with Gasteiger partial charge in [0.15, 0.2) is 0 Å². The van der Waals surface area contributed by atoms with Crippen molar-refractivity contribution in [3.8, 4) is 0 Å². The molecule has 1 unspecified atom stereocenters. The second kappa shape index (κ2) is 5.39. The smallest absolute Gasteiger partial charge is 0.236 e. The SMILES string of the molecule is CCCCC(CN)N1C(=O)CC2(CCCC2)C1=O. The highest BCUT2D eigenvalue weighted by molar-refractivity contribution is 6.06. The molecule has 1 saturated carbocycles. The lowest BCUT2D eigenvalue weighted by atomic mass is 9.84. The van der Waals surface area contributed by atoms with Crippen molar-refractivity contribution in [3.63, 3.8) is 0 Å². The summed E-state index contributed by atoms with van der Waals surface area (Å²) in [7, 11) is 0. The first-order valence-corrected chi connectivity index (χ1v) is 7.21. The lowest BCUT2D eigenvalue weighted by Gasteiger charge is -2.27. The van der Waals surface area contributed by atoms with Crippen molar-refractivity contribution in [2.75, 3.05) is 6.54 Å². The van der Waals surface area contributed by atoms with Gasteiger partial charge in [-0.1, -0.05) is 32.6 Å². The van der Waals surface area contributed by atoms with E-state index in [1.807, 2.05) is 0 Å². The zero-order valence-electron chi connectivity index (χ0n) is 11.3. The molecule has 2 amide bonds. The number of hydrogen-bond donors (Lipinski definition) is 1. The molecule has 1 aliphatic carbocycles. The molecule has 102 valence electrons. The van der Waals surface area contributed by atoms with Crippen molar-refractivity contribution < 1.29 is 9.59 Å². The maximum absolute atomic E-state index is 12.6. The number of unbranched alkanes of at least 4 members (excludes halogenated alkanes) is 1. The molecule has 2 fully saturated rings. The molecule has 2 N–H and O–H groups in total. The van der Waals surface area contributed by atoms with Gasteiger partial charge in [-0.2, -0.15) is 0 Å². The third-order valence-electron chi connectivity index (χ3n) is 4.52. The Kier molecular flexibility index (Phi) is 4.05. The second-order valence-corrected chi connectivity index (χ2v) is 5.76. The van der Waals surface area contributed by atoms with Gasteiger partial charge in [0.1, 0.15) is 0 Å². The van der Waals surface area contributed by atoms with E-state index < -0.39 is 0 Å². The van der Waals surface area contributed by atoms with Gasteiger partial charge in [0.2, 0.25) is 11.8 Å². The van der Waals surface area contributed by atoms with Crippen LogP contribution in [-0.4, -0.2) is 29.3 Å². The Morgan fingerprint density at radius 1 is 1.33 bits per heavy atom. The van der Waals surface area contributed by atoms with Crippen LogP contribution in [0.3, 0.4) is 0 Å². The molecule has 2 rings (SSSR count). The van der Waals surface area contributed by atoms with Crippen LogP contribution in [0.25, 0.3) is 0 Å². The van der Waals surface area contributed by atoms with E-state index >= 15 is 0 Å². The van der Waals surface area contributed by atoms with E-state index in [-0.39, 0.29) is 23.3 Å². The van der Waals surface area contributed by atoms with Crippen LogP contribution < -0.4 is 5.73 Å². The Morgan fingerprint density at radius 3 is 2.56 bits per heavy atom. The largest absolute Gasteiger partial charge is 0.328 e. The van der Waals surface area contributed by atoms with Gasteiger partial charge in [-0.3, -0.25) is 14.5 Å². The van der Waals surface area contributed by atoms with Crippen LogP contribution in [0.15, 0.2) is 0 Å². The Labute approximate surface area is 109 Å². The molecule has 0 aromatic rings. The summed E-state index contributed by atoms with van der Waals surface area (Å²) in [5.41, 5.74) is 5.41. The molecule has 1 saturated heterocycles. The Hall–Kier alpha value is -0.900. The van der Waals surface area contributed by atoms with Gasteiger partial charge in [-0.15, -0.1) is 0 Å². The Bertz CT molecular complexity index is 335. The maximum Gasteiger partial charge on any atom is 0.236 e. The van der Waals surface area contributed by atoms with E-state index in [1.165, 1.54) is 4.90 Å². The molecule has 1 aliphatic heterocycles. The molecule has 0 aromatic carbocycles. The summed E-state index contributed by atoms with van der Waals surface area (Å²) in [6.07, 6.45) is 7.29. The number of amides is 2. The van der Waals surface area contributed by atoms with Crippen molar-refractivity contribution in [1.29, 1.82) is 0 Å². The lowest BCUT2D eigenvalue weighted by molar-refractivity contribution is -0.144. The molecule has 4 heteroatoms. The van der Waals surface area contributed by atoms with Crippen LogP contribution >= 0.6 is 0 Å². The molecule has 18 heavy (non-hydrogen) atoms. The molecule has 0 aromatic heterocycles. The molecule has 0 bridgehead atoms. The van der Waals surface area contributed by atoms with Crippen LogP contribution in [0.5, 0.6) is 0 Å². The van der Waals surface area contributed by atoms with Crippen molar-refractivity contribution in [3.05, 3.63) is 0 Å². The predicted molar refractivity (Wildman–Crippen MR) is 69.7 cm³/mol. The highest BCUT2D eigenvalue weighted by Crippen LogP contribution is 2.47. The monoisotopic (exact) mass is 252 g/mol. The highest BCUT2D eigenvalue weighted by atomic mass is 16.2. The van der Waals surface area contributed by atoms with Crippen molar-refractivity contribution in [1.82, 2.24) is 4.90 Å². The zero-order chi connectivity index (χ0) is 13.2. The lowest BCUT2D eigenvalue weighted by Crippen LogP contribution is -2.46. The standard InChI is InChI=1S/C14H24N2O2/c1-2-3-6-11(10-15)16-12(17)9-14(13(16)18)7-4-5-8-14/h11H,2-10,15H2,1H3. The van der Waals surface area contributed by atoms with Gasteiger partial charge in [0, 0.05) is 13.0 Å². The zero-order valence-corrected chi connectivity index (χ0v) is 11.3. The second-order valence-electron chi connectivity index (χ2n) is 5.76. The van der Waals surface area contributed by atoms with E-state index in [0.717, 1.165) is 44.9 Å². The van der Waals surface area contributed by atoms with Crippen molar-refractivity contribution in [2.45, 2.75) is 64.3 Å². The quantitative estimate of drug-likeness (QED) is 0.759. The van der Waals surface area contributed by atoms with Gasteiger partial charge < -0.3 is 5.73 Å². The topological polar surface area (TPSA) is 63.4 Å². The van der Waals surface area contributed by atoms with E-state index in [9.17, 15) is 9.59 Å². The fraction of sp³-hybridized carbons (Fsp3) is 0.857. The van der Waals surface area contributed by atoms with E-state index in [1.54, 1.807) is 0 Å². The highest BCUT2D eigenvalue weighted by Gasteiger charge is 2.53. The van der Waals surface area contributed by atoms with E-state index in [4.69, 9.17) is 5.73 Å². The van der Waals surface area contributed by atoms with Crippen LogP contribution in [0.2, 0.25) is 0 Å². The summed E-state index contributed by atoms with van der Waals surface area (Å²) >= 11 is 0. The van der Waals surface area contributed by atoms with Crippen molar-refractivity contribution in [2.24, 2.45) is 11.1 Å². The van der Waals surface area contributed by atoms with Gasteiger partial charge in [-0.25, -0.2) is 0 Å². The number of carbonyl (C=O) groups excluding carboxylic acids is 2. The normalized spacial score (nSPS) is 24.2. The van der Waals surface area contributed by atoms with Gasteiger partial charge in [-0.05, 0) is 19.3 Å². The number of hydrogen-bond acceptors (Lipinski definition) is 3. The predicted octanol–water partition coefficient (Wildman–Crippen LogP) is 1.82. The summed E-state index contributed by atoms with van der Waals surface area (Å²) in [6, 6.07) is -0.0788. The fourth-order valence-corrected chi connectivity index (χ4v) is 3.42. The number of carbonyl (C=O) groups is 2. The van der Waals surface area contributed by atoms with Crippen LogP contribution in [-0.2, 0) is 9.59 Å². The summed E-state index contributed by atoms with van der Waals surface area (Å²) in [5.74, 6) is 0.0741. The fourth-order valence-electron chi connectivity index (χ4n) is 3.42. The van der Waals surface area contributed by atoms with Gasteiger partial charge in [0.05, 0.1) is 11.5 Å². The number of likely N-dealkylation sites (tertiary alicyclic amines) is 1. The Morgan fingerprint density at radius 2 is 2.00 bits per heavy atom. The minimum atomic E-state index is -0.350. The third-order valence-corrected chi connectivity index (χ3v) is 4.52. The van der Waals surface area contributed by atoms with Crippen LogP contribution in [0.4, 0.5) is 0 Å². The maximum atomic E-state index is 12.6. The number of nitrogens with two attached hydrogens (primary N) is 1. The van der Waals surface area contributed by atoms with Crippen LogP contribution in [0, 0.1) is 5.41 Å². The van der Waals surface area contributed by atoms with Gasteiger partial charge >= 0.3 is 0 Å². The Balaban J connectivity index is 2.12. The van der Waals surface area contributed by atoms with Crippen molar-refractivity contribution >= 4 is 11.8 Å². The third kappa shape index (κ3) is 2.18. The summed E-state index contributed by atoms with van der Waals surface area (Å²) in [5, 5.41) is 0. The first-order valence-electron chi connectivity index (χ1n) is 7.21. The summed E-state index contributed by atoms with van der Waals surface area (Å²) in [4.78, 5) is 26.2. The summed E-state index contributed by atoms with van der Waals surface area (Å²) in [6.45, 7) is 2.51. The number of imide groups is 1. The molecular weight excluding hydrogens is 228 g/mol. The molecule has 4 nitrogen and oxygen atoms in total. The first-order chi connectivity index (χ1) is 8.64. The average molecular weight is 252 g/mol. The first kappa shape index (κ1) is 13.5.